The van der Waals surface area contributed by atoms with E-state index >= 15 is 0 Å². The Morgan fingerprint density at radius 2 is 2.09 bits per heavy atom. The molecule has 1 unspecified atom stereocenters. The molecule has 0 nitrogen and oxygen atoms in total. The standard InChI is InChI=1S/C10H9Si/c11-10-7-3-5-8-4-1-2-6-9(8)10/h1-6,10H,7H2. The maximum absolute atomic E-state index is 3.69. The first-order valence-corrected chi connectivity index (χ1v) is 4.42. The van der Waals surface area contributed by atoms with Crippen LogP contribution in [-0.4, -0.2) is 10.2 Å². The lowest BCUT2D eigenvalue weighted by Crippen LogP contribution is -2.02. The number of rotatable bonds is 0. The molecule has 1 heteroatoms. The highest BCUT2D eigenvalue weighted by Crippen LogP contribution is 2.26. The normalized spacial score (nSPS) is 21.4. The molecule has 0 amide bonds. The summed E-state index contributed by atoms with van der Waals surface area (Å²) in [7, 11) is 3.69. The van der Waals surface area contributed by atoms with E-state index in [1.54, 1.807) is 0 Å². The molecule has 0 aliphatic heterocycles. The average molecular weight is 157 g/mol. The van der Waals surface area contributed by atoms with Crippen molar-refractivity contribution in [1.29, 1.82) is 0 Å². The van der Waals surface area contributed by atoms with Gasteiger partial charge in [-0.05, 0) is 23.1 Å². The molecular formula is C10H9Si. The summed E-state index contributed by atoms with van der Waals surface area (Å²) in [4.78, 5) is 0. The van der Waals surface area contributed by atoms with Crippen molar-refractivity contribution < 1.29 is 0 Å². The second kappa shape index (κ2) is 2.66. The van der Waals surface area contributed by atoms with E-state index in [-0.39, 0.29) is 0 Å². The van der Waals surface area contributed by atoms with Crippen LogP contribution >= 0.6 is 0 Å². The van der Waals surface area contributed by atoms with E-state index in [2.05, 4.69) is 46.7 Å². The van der Waals surface area contributed by atoms with Gasteiger partial charge in [0.2, 0.25) is 0 Å². The average Bonchev–Trinajstić information content (AvgIpc) is 2.06. The second-order valence-corrected chi connectivity index (χ2v) is 3.52. The molecule has 11 heavy (non-hydrogen) atoms. The van der Waals surface area contributed by atoms with Crippen LogP contribution in [-0.2, 0) is 0 Å². The Labute approximate surface area is 70.4 Å². The highest BCUT2D eigenvalue weighted by atomic mass is 28.1. The fourth-order valence-electron chi connectivity index (χ4n) is 1.44. The quantitative estimate of drug-likeness (QED) is 0.507. The Bertz CT molecular complexity index is 289. The van der Waals surface area contributed by atoms with Crippen molar-refractivity contribution in [3.05, 3.63) is 41.5 Å². The summed E-state index contributed by atoms with van der Waals surface area (Å²) in [6.07, 6.45) is 5.50. The van der Waals surface area contributed by atoms with Gasteiger partial charge in [-0.2, -0.15) is 0 Å². The highest BCUT2D eigenvalue weighted by molar-refractivity contribution is 6.13. The molecule has 1 aliphatic carbocycles. The Balaban J connectivity index is 2.54. The Kier molecular flexibility index (Phi) is 1.66. The fraction of sp³-hybridized carbons (Fsp3) is 0.200. The van der Waals surface area contributed by atoms with E-state index in [1.807, 2.05) is 0 Å². The van der Waals surface area contributed by atoms with Gasteiger partial charge >= 0.3 is 0 Å². The first-order valence-electron chi connectivity index (χ1n) is 3.84. The minimum Gasteiger partial charge on any atom is -0.0836 e. The minimum absolute atomic E-state index is 0.510. The van der Waals surface area contributed by atoms with E-state index in [0.29, 0.717) is 5.54 Å². The highest BCUT2D eigenvalue weighted by Gasteiger charge is 2.10. The van der Waals surface area contributed by atoms with Gasteiger partial charge in [0.15, 0.2) is 0 Å². The second-order valence-electron chi connectivity index (χ2n) is 2.82. The number of hydrogen-bond acceptors (Lipinski definition) is 0. The molecule has 0 heterocycles. The maximum Gasteiger partial charge on any atom is 0.0335 e. The zero-order chi connectivity index (χ0) is 7.68. The van der Waals surface area contributed by atoms with Gasteiger partial charge in [-0.3, -0.25) is 0 Å². The molecule has 0 saturated heterocycles. The smallest absolute Gasteiger partial charge is 0.0335 e. The third-order valence-corrected chi connectivity index (χ3v) is 2.59. The summed E-state index contributed by atoms with van der Waals surface area (Å²) in [5, 5.41) is 0. The van der Waals surface area contributed by atoms with Crippen molar-refractivity contribution in [3.63, 3.8) is 0 Å². The van der Waals surface area contributed by atoms with Gasteiger partial charge in [0.25, 0.3) is 0 Å². The van der Waals surface area contributed by atoms with Gasteiger partial charge in [-0.25, -0.2) is 0 Å². The predicted octanol–water partition coefficient (Wildman–Crippen LogP) is 2.31. The van der Waals surface area contributed by atoms with Crippen LogP contribution in [0, 0.1) is 0 Å². The van der Waals surface area contributed by atoms with E-state index in [1.165, 1.54) is 11.1 Å². The van der Waals surface area contributed by atoms with Gasteiger partial charge in [0.1, 0.15) is 0 Å². The minimum atomic E-state index is 0.510. The lowest BCUT2D eigenvalue weighted by Gasteiger charge is -2.16. The van der Waals surface area contributed by atoms with Crippen LogP contribution in [0.1, 0.15) is 23.1 Å². The third-order valence-electron chi connectivity index (χ3n) is 2.04. The predicted molar refractivity (Wildman–Crippen MR) is 48.6 cm³/mol. The van der Waals surface area contributed by atoms with Crippen LogP contribution < -0.4 is 0 Å². The number of allylic oxidation sites excluding steroid dienone is 1. The Hall–Kier alpha value is -0.823. The first-order chi connectivity index (χ1) is 5.38. The lowest BCUT2D eigenvalue weighted by atomic mass is 9.97. The van der Waals surface area contributed by atoms with Crippen LogP contribution in [0.2, 0.25) is 0 Å². The number of benzene rings is 1. The SMILES string of the molecule is [Si]C1CC=Cc2ccccc21. The molecule has 1 aromatic carbocycles. The van der Waals surface area contributed by atoms with Gasteiger partial charge in [-0.1, -0.05) is 36.4 Å². The zero-order valence-corrected chi connectivity index (χ0v) is 7.25. The van der Waals surface area contributed by atoms with E-state index in [9.17, 15) is 0 Å². The summed E-state index contributed by atoms with van der Waals surface area (Å²) in [6.45, 7) is 0. The fourth-order valence-corrected chi connectivity index (χ4v) is 1.84. The van der Waals surface area contributed by atoms with Crippen LogP contribution in [0.4, 0.5) is 0 Å². The van der Waals surface area contributed by atoms with Crippen molar-refractivity contribution in [2.45, 2.75) is 12.0 Å². The van der Waals surface area contributed by atoms with Crippen LogP contribution in [0.25, 0.3) is 6.08 Å². The molecule has 0 fully saturated rings. The van der Waals surface area contributed by atoms with Crippen molar-refractivity contribution in [2.75, 3.05) is 0 Å². The molecule has 0 spiro atoms. The zero-order valence-electron chi connectivity index (χ0n) is 6.25. The van der Waals surface area contributed by atoms with Gasteiger partial charge < -0.3 is 0 Å². The largest absolute Gasteiger partial charge is 0.0836 e. The number of fused-ring (bicyclic) bond motifs is 1. The first kappa shape index (κ1) is 6.86. The van der Waals surface area contributed by atoms with E-state index < -0.39 is 0 Å². The summed E-state index contributed by atoms with van der Waals surface area (Å²) in [5.41, 5.74) is 3.27. The summed E-state index contributed by atoms with van der Waals surface area (Å²) in [5.74, 6) is 0. The van der Waals surface area contributed by atoms with Crippen LogP contribution in [0.3, 0.4) is 0 Å². The summed E-state index contributed by atoms with van der Waals surface area (Å²) < 4.78 is 0. The molecule has 3 radical (unpaired) electrons. The number of hydrogen-bond donors (Lipinski definition) is 0. The van der Waals surface area contributed by atoms with Crippen LogP contribution in [0.5, 0.6) is 0 Å². The maximum atomic E-state index is 3.69. The van der Waals surface area contributed by atoms with Gasteiger partial charge in [-0.15, -0.1) is 0 Å². The van der Waals surface area contributed by atoms with Gasteiger partial charge in [0, 0.05) is 10.2 Å². The van der Waals surface area contributed by atoms with Crippen LogP contribution in [0.15, 0.2) is 30.3 Å². The topological polar surface area (TPSA) is 0 Å². The Morgan fingerprint density at radius 3 is 2.91 bits per heavy atom. The molecule has 0 N–H and O–H groups in total. The van der Waals surface area contributed by atoms with Crippen molar-refractivity contribution in [1.82, 2.24) is 0 Å². The summed E-state index contributed by atoms with van der Waals surface area (Å²) in [6, 6.07) is 8.49. The molecular weight excluding hydrogens is 148 g/mol. The molecule has 0 bridgehead atoms. The van der Waals surface area contributed by atoms with Crippen molar-refractivity contribution in [2.24, 2.45) is 0 Å². The molecule has 1 aromatic rings. The molecule has 0 aromatic heterocycles. The van der Waals surface area contributed by atoms with E-state index in [4.69, 9.17) is 0 Å². The van der Waals surface area contributed by atoms with Crippen molar-refractivity contribution >= 4 is 16.3 Å². The van der Waals surface area contributed by atoms with E-state index in [0.717, 1.165) is 6.42 Å². The molecule has 53 valence electrons. The van der Waals surface area contributed by atoms with Gasteiger partial charge in [0.05, 0.1) is 0 Å². The molecule has 2 rings (SSSR count). The monoisotopic (exact) mass is 157 g/mol. The lowest BCUT2D eigenvalue weighted by molar-refractivity contribution is 0.940. The molecule has 1 atom stereocenters. The molecule has 0 saturated carbocycles. The van der Waals surface area contributed by atoms with Crippen molar-refractivity contribution in [3.8, 4) is 0 Å². The Morgan fingerprint density at radius 1 is 1.27 bits per heavy atom. The summed E-state index contributed by atoms with van der Waals surface area (Å²) >= 11 is 0. The third kappa shape index (κ3) is 1.16. The molecule has 1 aliphatic rings.